The molecular formula is C16H24BrN3O. The minimum absolute atomic E-state index is 0.0411. The van der Waals surface area contributed by atoms with Crippen LogP contribution in [0.2, 0.25) is 0 Å². The Balaban J connectivity index is 2.02. The average Bonchev–Trinajstić information content (AvgIpc) is 2.44. The van der Waals surface area contributed by atoms with Crippen molar-refractivity contribution in [3.63, 3.8) is 0 Å². The van der Waals surface area contributed by atoms with Gasteiger partial charge in [-0.15, -0.1) is 0 Å². The summed E-state index contributed by atoms with van der Waals surface area (Å²) in [5, 5.41) is 3.09. The molecule has 0 atom stereocenters. The first kappa shape index (κ1) is 16.3. The largest absolute Gasteiger partial charge is 0.398 e. The van der Waals surface area contributed by atoms with Crippen LogP contribution in [0.15, 0.2) is 16.6 Å². The third-order valence-corrected chi connectivity index (χ3v) is 4.98. The van der Waals surface area contributed by atoms with E-state index in [0.29, 0.717) is 17.8 Å². The lowest BCUT2D eigenvalue weighted by Crippen LogP contribution is -2.43. The third kappa shape index (κ3) is 3.98. The second kappa shape index (κ2) is 6.36. The van der Waals surface area contributed by atoms with Gasteiger partial charge in [-0.05, 0) is 63.0 Å². The topological polar surface area (TPSA) is 58.4 Å². The molecule has 1 heterocycles. The summed E-state index contributed by atoms with van der Waals surface area (Å²) < 4.78 is 0.834. The molecule has 1 aliphatic rings. The number of benzene rings is 1. The molecule has 21 heavy (non-hydrogen) atoms. The predicted molar refractivity (Wildman–Crippen MR) is 90.5 cm³/mol. The smallest absolute Gasteiger partial charge is 0.251 e. The number of rotatable bonds is 3. The van der Waals surface area contributed by atoms with Crippen LogP contribution in [0.25, 0.3) is 0 Å². The van der Waals surface area contributed by atoms with Crippen molar-refractivity contribution in [1.82, 2.24) is 10.2 Å². The van der Waals surface area contributed by atoms with E-state index in [0.717, 1.165) is 36.0 Å². The Labute approximate surface area is 135 Å². The highest BCUT2D eigenvalue weighted by Gasteiger charge is 2.29. The summed E-state index contributed by atoms with van der Waals surface area (Å²) in [4.78, 5) is 14.8. The van der Waals surface area contributed by atoms with Gasteiger partial charge in [-0.3, -0.25) is 4.79 Å². The zero-order valence-electron chi connectivity index (χ0n) is 13.0. The molecule has 0 aromatic heterocycles. The van der Waals surface area contributed by atoms with Gasteiger partial charge in [0.25, 0.3) is 5.91 Å². The summed E-state index contributed by atoms with van der Waals surface area (Å²) in [6.45, 7) is 7.03. The highest BCUT2D eigenvalue weighted by molar-refractivity contribution is 9.10. The summed E-state index contributed by atoms with van der Waals surface area (Å²) in [5.74, 6) is -0.0411. The first-order chi connectivity index (χ1) is 9.81. The van der Waals surface area contributed by atoms with Gasteiger partial charge in [0.15, 0.2) is 0 Å². The van der Waals surface area contributed by atoms with E-state index in [1.807, 2.05) is 19.1 Å². The van der Waals surface area contributed by atoms with Crippen molar-refractivity contribution in [3.05, 3.63) is 27.7 Å². The number of carbonyl (C=O) groups excluding carboxylic acids is 1. The molecule has 5 heteroatoms. The van der Waals surface area contributed by atoms with E-state index in [9.17, 15) is 4.79 Å². The zero-order chi connectivity index (χ0) is 15.6. The van der Waals surface area contributed by atoms with Crippen LogP contribution in [0, 0.1) is 12.3 Å². The molecular weight excluding hydrogens is 330 g/mol. The van der Waals surface area contributed by atoms with Gasteiger partial charge in [-0.25, -0.2) is 0 Å². The molecule has 1 amide bonds. The van der Waals surface area contributed by atoms with Gasteiger partial charge >= 0.3 is 0 Å². The zero-order valence-corrected chi connectivity index (χ0v) is 14.6. The van der Waals surface area contributed by atoms with Crippen LogP contribution in [0.4, 0.5) is 5.69 Å². The molecule has 0 aliphatic carbocycles. The maximum absolute atomic E-state index is 12.4. The third-order valence-electron chi connectivity index (χ3n) is 4.53. The van der Waals surface area contributed by atoms with Gasteiger partial charge in [-0.1, -0.05) is 22.9 Å². The Morgan fingerprint density at radius 1 is 1.43 bits per heavy atom. The number of nitrogen functional groups attached to an aromatic ring is 1. The number of nitrogens with one attached hydrogen (secondary N) is 1. The Morgan fingerprint density at radius 3 is 2.67 bits per heavy atom. The van der Waals surface area contributed by atoms with Crippen molar-refractivity contribution in [2.45, 2.75) is 26.7 Å². The van der Waals surface area contributed by atoms with Crippen molar-refractivity contribution in [2.75, 3.05) is 32.4 Å². The van der Waals surface area contributed by atoms with Crippen molar-refractivity contribution < 1.29 is 4.79 Å². The van der Waals surface area contributed by atoms with Crippen LogP contribution in [-0.4, -0.2) is 37.5 Å². The molecule has 1 saturated heterocycles. The number of anilines is 1. The van der Waals surface area contributed by atoms with Crippen molar-refractivity contribution >= 4 is 27.5 Å². The van der Waals surface area contributed by atoms with E-state index in [4.69, 9.17) is 5.73 Å². The van der Waals surface area contributed by atoms with Crippen molar-refractivity contribution in [1.29, 1.82) is 0 Å². The standard InChI is InChI=1S/C16H24BrN3O/c1-11-13(8-12(17)9-14(11)18)15(21)19-10-16(2)4-6-20(3)7-5-16/h8-9H,4-7,10,18H2,1-3H3,(H,19,21). The minimum atomic E-state index is -0.0411. The fraction of sp³-hybridized carbons (Fsp3) is 0.562. The van der Waals surface area contributed by atoms with E-state index in [1.165, 1.54) is 0 Å². The second-order valence-corrected chi connectivity index (χ2v) is 7.38. The molecule has 1 aliphatic heterocycles. The maximum Gasteiger partial charge on any atom is 0.251 e. The van der Waals surface area contributed by atoms with Crippen molar-refractivity contribution in [2.24, 2.45) is 5.41 Å². The molecule has 3 N–H and O–H groups in total. The molecule has 0 radical (unpaired) electrons. The van der Waals surface area contributed by atoms with Crippen LogP contribution < -0.4 is 11.1 Å². The Bertz CT molecular complexity index is 537. The minimum Gasteiger partial charge on any atom is -0.398 e. The number of hydrogen-bond acceptors (Lipinski definition) is 3. The molecule has 2 rings (SSSR count). The van der Waals surface area contributed by atoms with Crippen LogP contribution in [-0.2, 0) is 0 Å². The van der Waals surface area contributed by atoms with Gasteiger partial charge in [-0.2, -0.15) is 0 Å². The summed E-state index contributed by atoms with van der Waals surface area (Å²) in [6.07, 6.45) is 2.23. The van der Waals surface area contributed by atoms with Gasteiger partial charge in [0.05, 0.1) is 0 Å². The molecule has 1 fully saturated rings. The molecule has 1 aromatic carbocycles. The van der Waals surface area contributed by atoms with Gasteiger partial charge in [0.2, 0.25) is 0 Å². The molecule has 116 valence electrons. The lowest BCUT2D eigenvalue weighted by Gasteiger charge is -2.38. The summed E-state index contributed by atoms with van der Waals surface area (Å²) in [5.41, 5.74) is 8.24. The Morgan fingerprint density at radius 2 is 2.05 bits per heavy atom. The number of carbonyl (C=O) groups is 1. The molecule has 1 aromatic rings. The Kier molecular flexibility index (Phi) is 4.94. The first-order valence-electron chi connectivity index (χ1n) is 7.33. The average molecular weight is 354 g/mol. The van der Waals surface area contributed by atoms with Crippen LogP contribution in [0.1, 0.15) is 35.7 Å². The highest BCUT2D eigenvalue weighted by atomic mass is 79.9. The van der Waals surface area contributed by atoms with E-state index in [2.05, 4.69) is 40.1 Å². The molecule has 0 spiro atoms. The van der Waals surface area contributed by atoms with E-state index in [1.54, 1.807) is 0 Å². The number of hydrogen-bond donors (Lipinski definition) is 2. The first-order valence-corrected chi connectivity index (χ1v) is 8.12. The summed E-state index contributed by atoms with van der Waals surface area (Å²) >= 11 is 3.39. The number of piperidine rings is 1. The molecule has 4 nitrogen and oxygen atoms in total. The van der Waals surface area contributed by atoms with E-state index >= 15 is 0 Å². The molecule has 0 saturated carbocycles. The fourth-order valence-corrected chi connectivity index (χ4v) is 3.14. The highest BCUT2D eigenvalue weighted by Crippen LogP contribution is 2.30. The molecule has 0 bridgehead atoms. The molecule has 0 unspecified atom stereocenters. The number of amides is 1. The van der Waals surface area contributed by atoms with E-state index in [-0.39, 0.29) is 11.3 Å². The second-order valence-electron chi connectivity index (χ2n) is 6.46. The van der Waals surface area contributed by atoms with Crippen LogP contribution >= 0.6 is 15.9 Å². The SMILES string of the molecule is Cc1c(N)cc(Br)cc1C(=O)NCC1(C)CCN(C)CC1. The Hall–Kier alpha value is -1.07. The van der Waals surface area contributed by atoms with Gasteiger partial charge in [0.1, 0.15) is 0 Å². The lowest BCUT2D eigenvalue weighted by atomic mass is 9.80. The maximum atomic E-state index is 12.4. The predicted octanol–water partition coefficient (Wildman–Crippen LogP) is 2.80. The number of likely N-dealkylation sites (tertiary alicyclic amines) is 1. The number of nitrogens with two attached hydrogens (primary N) is 1. The van der Waals surface area contributed by atoms with Gasteiger partial charge in [0, 0.05) is 22.3 Å². The summed E-state index contributed by atoms with van der Waals surface area (Å²) in [6, 6.07) is 3.66. The monoisotopic (exact) mass is 353 g/mol. The number of nitrogens with zero attached hydrogens (tertiary/aromatic N) is 1. The fourth-order valence-electron chi connectivity index (χ4n) is 2.66. The number of halogens is 1. The van der Waals surface area contributed by atoms with Gasteiger partial charge < -0.3 is 16.0 Å². The van der Waals surface area contributed by atoms with Crippen molar-refractivity contribution in [3.8, 4) is 0 Å². The van der Waals surface area contributed by atoms with E-state index < -0.39 is 0 Å². The lowest BCUT2D eigenvalue weighted by molar-refractivity contribution is 0.0891. The normalized spacial score (nSPS) is 18.5. The quantitative estimate of drug-likeness (QED) is 0.821. The summed E-state index contributed by atoms with van der Waals surface area (Å²) in [7, 11) is 2.14. The van der Waals surface area contributed by atoms with Crippen LogP contribution in [0.5, 0.6) is 0 Å². The van der Waals surface area contributed by atoms with Crippen LogP contribution in [0.3, 0.4) is 0 Å².